The number of hydrogen-bond donors (Lipinski definition) is 1. The summed E-state index contributed by atoms with van der Waals surface area (Å²) in [5.74, 6) is -0.547. The monoisotopic (exact) mass is 503 g/mol. The van der Waals surface area contributed by atoms with Crippen LogP contribution in [0.3, 0.4) is 0 Å². The first-order chi connectivity index (χ1) is 13.9. The molecule has 12 heteroatoms. The number of nitrogens with two attached hydrogens (primary N) is 1. The molecule has 1 amide bonds. The Bertz CT molecular complexity index is 1180. The molecule has 2 N–H and O–H groups in total. The summed E-state index contributed by atoms with van der Waals surface area (Å²) in [4.78, 5) is 12.5. The Morgan fingerprint density at radius 1 is 1.17 bits per heavy atom. The molecule has 30 heavy (non-hydrogen) atoms. The van der Waals surface area contributed by atoms with E-state index in [-0.39, 0.29) is 10.6 Å². The highest BCUT2D eigenvalue weighted by Gasteiger charge is 2.46. The lowest BCUT2D eigenvalue weighted by Crippen LogP contribution is -2.25. The van der Waals surface area contributed by atoms with Gasteiger partial charge in [-0.15, -0.1) is 0 Å². The second-order valence-corrected chi connectivity index (χ2v) is 8.47. The first-order valence-electron chi connectivity index (χ1n) is 8.10. The van der Waals surface area contributed by atoms with Crippen molar-refractivity contribution in [2.45, 2.75) is 11.1 Å². The number of anilines is 1. The summed E-state index contributed by atoms with van der Waals surface area (Å²) in [5.41, 5.74) is -1.76. The lowest BCUT2D eigenvalue weighted by atomic mass is 10.1. The summed E-state index contributed by atoms with van der Waals surface area (Å²) < 4.78 is 68.8. The summed E-state index contributed by atoms with van der Waals surface area (Å²) in [6.45, 7) is 0. The number of methoxy groups -OCH3 is 1. The lowest BCUT2D eigenvalue weighted by Gasteiger charge is -2.12. The molecule has 0 spiro atoms. The van der Waals surface area contributed by atoms with Crippen LogP contribution in [0.1, 0.15) is 5.56 Å². The van der Waals surface area contributed by atoms with Crippen molar-refractivity contribution in [1.82, 2.24) is 0 Å². The van der Waals surface area contributed by atoms with E-state index >= 15 is 0 Å². The molecule has 0 aromatic heterocycles. The van der Waals surface area contributed by atoms with Crippen molar-refractivity contribution >= 4 is 49.3 Å². The zero-order valence-electron chi connectivity index (χ0n) is 15.1. The molecule has 0 saturated heterocycles. The van der Waals surface area contributed by atoms with E-state index in [4.69, 9.17) is 9.88 Å². The van der Waals surface area contributed by atoms with Gasteiger partial charge in [0.2, 0.25) is 10.0 Å². The van der Waals surface area contributed by atoms with Gasteiger partial charge < -0.3 is 4.74 Å². The van der Waals surface area contributed by atoms with E-state index in [1.165, 1.54) is 25.3 Å². The molecule has 0 atom stereocenters. The van der Waals surface area contributed by atoms with Crippen LogP contribution in [0.25, 0.3) is 6.08 Å². The van der Waals surface area contributed by atoms with Gasteiger partial charge in [0.15, 0.2) is 5.71 Å². The Morgan fingerprint density at radius 2 is 1.80 bits per heavy atom. The predicted molar refractivity (Wildman–Crippen MR) is 107 cm³/mol. The summed E-state index contributed by atoms with van der Waals surface area (Å²) in [6.07, 6.45) is -3.82. The number of sulfonamides is 1. The van der Waals surface area contributed by atoms with Crippen LogP contribution in [0.5, 0.6) is 5.75 Å². The van der Waals surface area contributed by atoms with Crippen LogP contribution < -0.4 is 14.9 Å². The van der Waals surface area contributed by atoms with Gasteiger partial charge in [-0.25, -0.2) is 13.6 Å². The third kappa shape index (κ3) is 4.40. The number of alkyl halides is 3. The molecular formula is C18H13BrF3N3O4S. The number of rotatable bonds is 4. The Morgan fingerprint density at radius 3 is 2.30 bits per heavy atom. The Kier molecular flexibility index (Phi) is 5.76. The maximum atomic E-state index is 13.5. The number of nitrogens with zero attached hydrogens (tertiary/aromatic N) is 2. The average molecular weight is 504 g/mol. The number of amides is 1. The average Bonchev–Trinajstić information content (AvgIpc) is 2.98. The number of ether oxygens (including phenoxy) is 1. The Hall–Kier alpha value is -2.70. The molecule has 2 aromatic carbocycles. The fourth-order valence-electron chi connectivity index (χ4n) is 2.65. The molecule has 0 radical (unpaired) electrons. The van der Waals surface area contributed by atoms with Crippen molar-refractivity contribution in [2.75, 3.05) is 12.1 Å². The SMILES string of the molecule is COc1ccc(/C=C2\C(=O)N(c3ccc(S(N)(=O)=O)cc3)N=C2C(F)(F)F)cc1Br. The molecule has 1 heterocycles. The third-order valence-corrected chi connectivity index (χ3v) is 5.59. The predicted octanol–water partition coefficient (Wildman–Crippen LogP) is 3.45. The highest BCUT2D eigenvalue weighted by atomic mass is 79.9. The van der Waals surface area contributed by atoms with Crippen LogP contribution in [0.2, 0.25) is 0 Å². The smallest absolute Gasteiger partial charge is 0.435 e. The van der Waals surface area contributed by atoms with Gasteiger partial charge in [0.25, 0.3) is 5.91 Å². The fourth-order valence-corrected chi connectivity index (χ4v) is 3.72. The van der Waals surface area contributed by atoms with Gasteiger partial charge in [-0.3, -0.25) is 4.79 Å². The number of primary sulfonamides is 1. The van der Waals surface area contributed by atoms with Crippen LogP contribution in [0.4, 0.5) is 18.9 Å². The number of hydrazone groups is 1. The molecule has 1 aliphatic rings. The molecule has 0 fully saturated rings. The van der Waals surface area contributed by atoms with Gasteiger partial charge in [-0.05, 0) is 64.0 Å². The highest BCUT2D eigenvalue weighted by Crippen LogP contribution is 2.34. The van der Waals surface area contributed by atoms with E-state index in [1.807, 2.05) is 0 Å². The molecular weight excluding hydrogens is 491 g/mol. The number of carbonyl (C=O) groups is 1. The Labute approximate surface area is 177 Å². The van der Waals surface area contributed by atoms with Crippen LogP contribution in [0.15, 0.2) is 62.5 Å². The number of carbonyl (C=O) groups excluding carboxylic acids is 1. The van der Waals surface area contributed by atoms with Gasteiger partial charge in [0.05, 0.1) is 27.7 Å². The summed E-state index contributed by atoms with van der Waals surface area (Å²) in [6, 6.07) is 8.94. The van der Waals surface area contributed by atoms with E-state index in [2.05, 4.69) is 21.0 Å². The lowest BCUT2D eigenvalue weighted by molar-refractivity contribution is -0.114. The van der Waals surface area contributed by atoms with E-state index in [0.717, 1.165) is 30.3 Å². The second-order valence-electron chi connectivity index (χ2n) is 6.05. The van der Waals surface area contributed by atoms with Crippen LogP contribution in [0, 0.1) is 0 Å². The van der Waals surface area contributed by atoms with Crippen molar-refractivity contribution in [3.8, 4) is 5.75 Å². The molecule has 0 saturated carbocycles. The van der Waals surface area contributed by atoms with Crippen molar-refractivity contribution in [1.29, 1.82) is 0 Å². The molecule has 158 valence electrons. The molecule has 2 aromatic rings. The van der Waals surface area contributed by atoms with Crippen LogP contribution in [-0.2, 0) is 14.8 Å². The highest BCUT2D eigenvalue weighted by molar-refractivity contribution is 9.10. The van der Waals surface area contributed by atoms with Crippen molar-refractivity contribution < 1.29 is 31.1 Å². The van der Waals surface area contributed by atoms with Crippen molar-refractivity contribution in [2.24, 2.45) is 10.2 Å². The van der Waals surface area contributed by atoms with Crippen molar-refractivity contribution in [3.63, 3.8) is 0 Å². The Balaban J connectivity index is 2.04. The van der Waals surface area contributed by atoms with E-state index in [1.54, 1.807) is 0 Å². The van der Waals surface area contributed by atoms with Gasteiger partial charge >= 0.3 is 6.18 Å². The third-order valence-electron chi connectivity index (χ3n) is 4.04. The van der Waals surface area contributed by atoms with E-state index in [0.29, 0.717) is 20.8 Å². The van der Waals surface area contributed by atoms with E-state index < -0.39 is 33.4 Å². The van der Waals surface area contributed by atoms with Crippen LogP contribution in [-0.4, -0.2) is 33.3 Å². The van der Waals surface area contributed by atoms with E-state index in [9.17, 15) is 26.4 Å². The topological polar surface area (TPSA) is 102 Å². The largest absolute Gasteiger partial charge is 0.496 e. The van der Waals surface area contributed by atoms with Crippen molar-refractivity contribution in [3.05, 3.63) is 58.1 Å². The first-order valence-corrected chi connectivity index (χ1v) is 10.4. The summed E-state index contributed by atoms with van der Waals surface area (Å²) in [5, 5.41) is 8.98. The number of halogens is 4. The van der Waals surface area contributed by atoms with Crippen LogP contribution >= 0.6 is 15.9 Å². The van der Waals surface area contributed by atoms with Gasteiger partial charge in [-0.2, -0.15) is 23.3 Å². The molecule has 0 unspecified atom stereocenters. The molecule has 1 aliphatic heterocycles. The van der Waals surface area contributed by atoms with Gasteiger partial charge in [-0.1, -0.05) is 6.07 Å². The molecule has 0 bridgehead atoms. The number of benzene rings is 2. The molecule has 0 aliphatic carbocycles. The molecule has 7 nitrogen and oxygen atoms in total. The number of hydrogen-bond acceptors (Lipinski definition) is 5. The maximum Gasteiger partial charge on any atom is 0.435 e. The standard InChI is InChI=1S/C18H13BrF3N3O4S/c1-29-15-7-2-10(9-14(15)19)8-13-16(18(20,21)22)24-25(17(13)26)11-3-5-12(6-4-11)30(23,27)28/h2-9H,1H3,(H2,23,27,28)/b13-8-. The zero-order chi connectivity index (χ0) is 22.3. The van der Waals surface area contributed by atoms with Gasteiger partial charge in [0, 0.05) is 0 Å². The zero-order valence-corrected chi connectivity index (χ0v) is 17.5. The minimum Gasteiger partial charge on any atom is -0.496 e. The minimum atomic E-state index is -4.89. The quantitative estimate of drug-likeness (QED) is 0.645. The molecule has 3 rings (SSSR count). The second kappa shape index (κ2) is 7.85. The normalized spacial score (nSPS) is 16.2. The maximum absolute atomic E-state index is 13.5. The minimum absolute atomic E-state index is 0.0477. The summed E-state index contributed by atoms with van der Waals surface area (Å²) in [7, 11) is -2.56. The first kappa shape index (κ1) is 22.0. The summed E-state index contributed by atoms with van der Waals surface area (Å²) >= 11 is 3.24. The van der Waals surface area contributed by atoms with Gasteiger partial charge in [0.1, 0.15) is 5.75 Å². The fraction of sp³-hybridized carbons (Fsp3) is 0.111.